The first-order valence-corrected chi connectivity index (χ1v) is 13.1. The first-order valence-electron chi connectivity index (χ1n) is 9.25. The summed E-state index contributed by atoms with van der Waals surface area (Å²) in [6.07, 6.45) is 3.91. The van der Waals surface area contributed by atoms with Crippen LogP contribution in [0.25, 0.3) is 0 Å². The lowest BCUT2D eigenvalue weighted by molar-refractivity contribution is -0.663. The van der Waals surface area contributed by atoms with Crippen LogP contribution in [0.15, 0.2) is 57.2 Å². The van der Waals surface area contributed by atoms with Gasteiger partial charge < -0.3 is 9.87 Å². The molecule has 152 valence electrons. The molecule has 8 heteroatoms. The zero-order valence-electron chi connectivity index (χ0n) is 16.1. The molecule has 2 aliphatic heterocycles. The second kappa shape index (κ2) is 9.65. The molecule has 2 aromatic carbocycles. The summed E-state index contributed by atoms with van der Waals surface area (Å²) in [6, 6.07) is 16.5. The number of rotatable bonds is 2. The molecule has 2 N–H and O–H groups in total. The Morgan fingerprint density at radius 3 is 2.50 bits per heavy atom. The molecule has 0 aliphatic carbocycles. The minimum atomic E-state index is -3.92. The van der Waals surface area contributed by atoms with Crippen molar-refractivity contribution in [2.45, 2.75) is 27.1 Å². The number of piperazine rings is 1. The Kier molecular flexibility index (Phi) is 7.47. The van der Waals surface area contributed by atoms with Crippen molar-refractivity contribution < 1.29 is 18.3 Å². The second-order valence-corrected chi connectivity index (χ2v) is 10.3. The first kappa shape index (κ1) is 21.7. The topological polar surface area (TPSA) is 77.1 Å². The summed E-state index contributed by atoms with van der Waals surface area (Å²) in [6.45, 7) is 4.84. The molecule has 2 heterocycles. The number of hydrogen-bond acceptors (Lipinski definition) is 6. The van der Waals surface area contributed by atoms with Crippen molar-refractivity contribution >= 4 is 33.6 Å². The molecule has 1 unspecified atom stereocenters. The average molecular weight is 439 g/mol. The Bertz CT molecular complexity index is 905. The van der Waals surface area contributed by atoms with Gasteiger partial charge in [0.05, 0.1) is 23.2 Å². The van der Waals surface area contributed by atoms with E-state index in [0.29, 0.717) is 12.3 Å². The van der Waals surface area contributed by atoms with Crippen LogP contribution in [0, 0.1) is 0 Å². The maximum atomic E-state index is 9.08. The number of fused-ring (bicyclic) bond motifs is 2. The summed E-state index contributed by atoms with van der Waals surface area (Å²) in [4.78, 5) is 6.94. The SMILES string of the molecule is CS(=O)(=O)[O-].CSc1ccc2c(c1)C(N1CC[NH2+]CC1)Cc1ccccc1S2. The summed E-state index contributed by atoms with van der Waals surface area (Å²) in [5.74, 6) is 0. The lowest BCUT2D eigenvalue weighted by atomic mass is 9.97. The highest BCUT2D eigenvalue weighted by Gasteiger charge is 2.29. The van der Waals surface area contributed by atoms with Crippen LogP contribution in [0.1, 0.15) is 17.2 Å². The first-order chi connectivity index (χ1) is 13.3. The Hall–Kier alpha value is -1.03. The zero-order chi connectivity index (χ0) is 20.1. The van der Waals surface area contributed by atoms with Gasteiger partial charge in [-0.15, -0.1) is 11.8 Å². The van der Waals surface area contributed by atoms with Gasteiger partial charge >= 0.3 is 0 Å². The lowest BCUT2D eigenvalue weighted by Gasteiger charge is -2.34. The van der Waals surface area contributed by atoms with Gasteiger partial charge in [-0.2, -0.15) is 0 Å². The number of nitrogens with zero attached hydrogens (tertiary/aromatic N) is 1. The molecule has 2 aliphatic rings. The molecule has 1 atom stereocenters. The third-order valence-electron chi connectivity index (χ3n) is 4.86. The van der Waals surface area contributed by atoms with Crippen LogP contribution in [-0.2, 0) is 16.5 Å². The van der Waals surface area contributed by atoms with E-state index in [1.165, 1.54) is 52.0 Å². The molecular weight excluding hydrogens is 412 g/mol. The minimum absolute atomic E-state index is 0.516. The van der Waals surface area contributed by atoms with Crippen LogP contribution in [0.3, 0.4) is 0 Å². The van der Waals surface area contributed by atoms with Gasteiger partial charge in [0.2, 0.25) is 0 Å². The molecular formula is C20H26N2O3S3. The molecule has 0 aromatic heterocycles. The van der Waals surface area contributed by atoms with Crippen molar-refractivity contribution in [2.24, 2.45) is 0 Å². The Morgan fingerprint density at radius 2 is 1.82 bits per heavy atom. The molecule has 28 heavy (non-hydrogen) atoms. The summed E-state index contributed by atoms with van der Waals surface area (Å²) >= 11 is 3.79. The smallest absolute Gasteiger partial charge is 0.0916 e. The van der Waals surface area contributed by atoms with Crippen LogP contribution in [0.2, 0.25) is 0 Å². The molecule has 0 saturated carbocycles. The molecule has 5 nitrogen and oxygen atoms in total. The fourth-order valence-corrected chi connectivity index (χ4v) is 5.19. The quantitative estimate of drug-likeness (QED) is 0.572. The molecule has 0 radical (unpaired) electrons. The van der Waals surface area contributed by atoms with Crippen LogP contribution in [-0.4, -0.2) is 56.6 Å². The van der Waals surface area contributed by atoms with Crippen molar-refractivity contribution in [3.63, 3.8) is 0 Å². The van der Waals surface area contributed by atoms with E-state index in [1.807, 2.05) is 23.5 Å². The van der Waals surface area contributed by atoms with Gasteiger partial charge in [-0.25, -0.2) is 8.42 Å². The summed E-state index contributed by atoms with van der Waals surface area (Å²) in [5.41, 5.74) is 3.03. The van der Waals surface area contributed by atoms with E-state index in [4.69, 9.17) is 13.0 Å². The number of benzene rings is 2. The van der Waals surface area contributed by atoms with Crippen molar-refractivity contribution in [1.29, 1.82) is 0 Å². The Labute approximate surface area is 176 Å². The fraction of sp³-hybridized carbons (Fsp3) is 0.400. The molecule has 4 rings (SSSR count). The van der Waals surface area contributed by atoms with Crippen LogP contribution < -0.4 is 5.32 Å². The van der Waals surface area contributed by atoms with Crippen LogP contribution >= 0.6 is 23.5 Å². The van der Waals surface area contributed by atoms with E-state index < -0.39 is 10.1 Å². The second-order valence-electron chi connectivity index (χ2n) is 6.94. The highest BCUT2D eigenvalue weighted by Crippen LogP contribution is 2.43. The predicted molar refractivity (Wildman–Crippen MR) is 114 cm³/mol. The van der Waals surface area contributed by atoms with E-state index in [-0.39, 0.29) is 0 Å². The standard InChI is InChI=1S/C19H22N2S2.CH4O3S/c1-22-15-6-7-19-16(13-15)17(21-10-8-20-9-11-21)12-14-4-2-3-5-18(14)23-19;1-5(2,3)4/h2-7,13,17,20H,8-12H2,1H3;1H3,(H,2,3,4). The maximum absolute atomic E-state index is 9.08. The third kappa shape index (κ3) is 5.98. The molecule has 0 spiro atoms. The monoisotopic (exact) mass is 438 g/mol. The van der Waals surface area contributed by atoms with E-state index in [9.17, 15) is 0 Å². The van der Waals surface area contributed by atoms with E-state index >= 15 is 0 Å². The molecule has 2 aromatic rings. The Morgan fingerprint density at radius 1 is 1.14 bits per heavy atom. The predicted octanol–water partition coefficient (Wildman–Crippen LogP) is 2.20. The third-order valence-corrected chi connectivity index (χ3v) is 6.80. The average Bonchev–Trinajstić information content (AvgIpc) is 2.83. The lowest BCUT2D eigenvalue weighted by Crippen LogP contribution is -2.89. The van der Waals surface area contributed by atoms with Crippen LogP contribution in [0.5, 0.6) is 0 Å². The Balaban J connectivity index is 0.000000403. The summed E-state index contributed by atoms with van der Waals surface area (Å²) < 4.78 is 27.2. The largest absolute Gasteiger partial charge is 0.748 e. The van der Waals surface area contributed by atoms with Gasteiger partial charge in [-0.1, -0.05) is 30.0 Å². The van der Waals surface area contributed by atoms with Crippen molar-refractivity contribution in [3.05, 3.63) is 53.6 Å². The molecule has 0 amide bonds. The highest BCUT2D eigenvalue weighted by molar-refractivity contribution is 7.99. The van der Waals surface area contributed by atoms with Gasteiger partial charge in [-0.3, -0.25) is 4.90 Å². The van der Waals surface area contributed by atoms with Gasteiger partial charge in [0.25, 0.3) is 0 Å². The van der Waals surface area contributed by atoms with Crippen molar-refractivity contribution in [3.8, 4) is 0 Å². The van der Waals surface area contributed by atoms with E-state index in [1.54, 1.807) is 0 Å². The van der Waals surface area contributed by atoms with Crippen molar-refractivity contribution in [1.82, 2.24) is 4.90 Å². The van der Waals surface area contributed by atoms with E-state index in [2.05, 4.69) is 58.9 Å². The summed E-state index contributed by atoms with van der Waals surface area (Å²) in [7, 11) is -3.92. The maximum Gasteiger partial charge on any atom is 0.0916 e. The van der Waals surface area contributed by atoms with Gasteiger partial charge in [-0.05, 0) is 48.1 Å². The fourth-order valence-electron chi connectivity index (χ4n) is 3.62. The van der Waals surface area contributed by atoms with E-state index in [0.717, 1.165) is 6.42 Å². The molecule has 1 fully saturated rings. The normalized spacial score (nSPS) is 19.6. The minimum Gasteiger partial charge on any atom is -0.748 e. The van der Waals surface area contributed by atoms with Gasteiger partial charge in [0.1, 0.15) is 0 Å². The molecule has 0 bridgehead atoms. The number of nitrogens with two attached hydrogens (primary N) is 1. The van der Waals surface area contributed by atoms with Crippen molar-refractivity contribution in [2.75, 3.05) is 38.7 Å². The highest BCUT2D eigenvalue weighted by atomic mass is 32.2. The number of hydrogen-bond donors (Lipinski definition) is 1. The van der Waals surface area contributed by atoms with Gasteiger partial charge in [0.15, 0.2) is 0 Å². The number of thioether (sulfide) groups is 1. The molecule has 1 saturated heterocycles. The van der Waals surface area contributed by atoms with Crippen LogP contribution in [0.4, 0.5) is 0 Å². The summed E-state index contributed by atoms with van der Waals surface area (Å²) in [5, 5.41) is 2.44. The van der Waals surface area contributed by atoms with Gasteiger partial charge in [0, 0.05) is 40.1 Å². The zero-order valence-corrected chi connectivity index (χ0v) is 18.6. The number of quaternary nitrogens is 1.